The molecule has 0 N–H and O–H groups in total. The summed E-state index contributed by atoms with van der Waals surface area (Å²) in [5.74, 6) is -0.280. The number of carbonyl (C=O) groups is 1. The van der Waals surface area contributed by atoms with Gasteiger partial charge in [-0.05, 0) is 38.5 Å². The standard InChI is InChI=1S/C14H16BrClF3NO/c1-9(2)20(7-3-6-16)13(21)11-5-4-10(15)8-12(11)14(17,18)19/h4-5,8-9H,3,6-7H2,1-2H3. The average molecular weight is 387 g/mol. The molecule has 21 heavy (non-hydrogen) atoms. The van der Waals surface area contributed by atoms with Crippen LogP contribution >= 0.6 is 27.5 Å². The van der Waals surface area contributed by atoms with Crippen molar-refractivity contribution < 1.29 is 18.0 Å². The maximum atomic E-state index is 13.1. The van der Waals surface area contributed by atoms with Gasteiger partial charge in [-0.3, -0.25) is 4.79 Å². The van der Waals surface area contributed by atoms with E-state index in [0.29, 0.717) is 18.8 Å². The smallest absolute Gasteiger partial charge is 0.336 e. The van der Waals surface area contributed by atoms with Crippen molar-refractivity contribution in [3.8, 4) is 0 Å². The molecule has 0 bridgehead atoms. The largest absolute Gasteiger partial charge is 0.417 e. The Morgan fingerprint density at radius 3 is 2.48 bits per heavy atom. The third kappa shape index (κ3) is 4.88. The Hall–Kier alpha value is -0.750. The highest BCUT2D eigenvalue weighted by atomic mass is 79.9. The molecule has 0 saturated carbocycles. The summed E-state index contributed by atoms with van der Waals surface area (Å²) >= 11 is 8.60. The summed E-state index contributed by atoms with van der Waals surface area (Å²) < 4.78 is 39.6. The van der Waals surface area contributed by atoms with Crippen LogP contribution in [0.5, 0.6) is 0 Å². The zero-order chi connectivity index (χ0) is 16.2. The molecule has 0 aliphatic carbocycles. The quantitative estimate of drug-likeness (QED) is 0.656. The van der Waals surface area contributed by atoms with E-state index in [1.165, 1.54) is 17.0 Å². The van der Waals surface area contributed by atoms with E-state index in [2.05, 4.69) is 15.9 Å². The number of hydrogen-bond donors (Lipinski definition) is 0. The SMILES string of the molecule is CC(C)N(CCCCl)C(=O)c1ccc(Br)cc1C(F)(F)F. The summed E-state index contributed by atoms with van der Waals surface area (Å²) in [4.78, 5) is 13.8. The highest BCUT2D eigenvalue weighted by molar-refractivity contribution is 9.10. The molecule has 0 atom stereocenters. The predicted molar refractivity (Wildman–Crippen MR) is 80.7 cm³/mol. The molecular weight excluding hydrogens is 371 g/mol. The van der Waals surface area contributed by atoms with Crippen molar-refractivity contribution in [3.63, 3.8) is 0 Å². The van der Waals surface area contributed by atoms with Crippen molar-refractivity contribution in [2.24, 2.45) is 0 Å². The van der Waals surface area contributed by atoms with Crippen molar-refractivity contribution in [1.29, 1.82) is 0 Å². The molecule has 2 nitrogen and oxygen atoms in total. The first kappa shape index (κ1) is 18.3. The summed E-state index contributed by atoms with van der Waals surface area (Å²) in [6.07, 6.45) is -4.05. The third-order valence-electron chi connectivity index (χ3n) is 2.93. The van der Waals surface area contributed by atoms with Gasteiger partial charge in [0.05, 0.1) is 11.1 Å². The van der Waals surface area contributed by atoms with Crippen molar-refractivity contribution in [2.45, 2.75) is 32.5 Å². The van der Waals surface area contributed by atoms with E-state index >= 15 is 0 Å². The lowest BCUT2D eigenvalue weighted by atomic mass is 10.0. The maximum absolute atomic E-state index is 13.1. The van der Waals surface area contributed by atoms with Crippen LogP contribution in [0.3, 0.4) is 0 Å². The fourth-order valence-corrected chi connectivity index (χ4v) is 2.40. The Morgan fingerprint density at radius 2 is 2.00 bits per heavy atom. The summed E-state index contributed by atoms with van der Waals surface area (Å²) in [5.41, 5.74) is -1.27. The lowest BCUT2D eigenvalue weighted by Crippen LogP contribution is -2.38. The van der Waals surface area contributed by atoms with Crippen molar-refractivity contribution >= 4 is 33.4 Å². The summed E-state index contributed by atoms with van der Waals surface area (Å²) in [6.45, 7) is 3.85. The average Bonchev–Trinajstić information content (AvgIpc) is 2.37. The van der Waals surface area contributed by atoms with Crippen LogP contribution in [-0.2, 0) is 6.18 Å². The summed E-state index contributed by atoms with van der Waals surface area (Å²) in [6, 6.07) is 3.35. The number of rotatable bonds is 5. The number of amides is 1. The number of alkyl halides is 4. The number of hydrogen-bond acceptors (Lipinski definition) is 1. The second-order valence-electron chi connectivity index (χ2n) is 4.82. The van der Waals surface area contributed by atoms with Gasteiger partial charge in [0.15, 0.2) is 0 Å². The van der Waals surface area contributed by atoms with Crippen LogP contribution < -0.4 is 0 Å². The van der Waals surface area contributed by atoms with Gasteiger partial charge in [0.1, 0.15) is 0 Å². The first-order chi connectivity index (χ1) is 9.68. The van der Waals surface area contributed by atoms with Crippen LogP contribution in [0, 0.1) is 0 Å². The van der Waals surface area contributed by atoms with Gasteiger partial charge in [0.2, 0.25) is 0 Å². The van der Waals surface area contributed by atoms with Crippen LogP contribution in [0.25, 0.3) is 0 Å². The minimum absolute atomic E-state index is 0.203. The highest BCUT2D eigenvalue weighted by Crippen LogP contribution is 2.34. The lowest BCUT2D eigenvalue weighted by Gasteiger charge is -2.28. The van der Waals surface area contributed by atoms with Crippen LogP contribution in [0.15, 0.2) is 22.7 Å². The van der Waals surface area contributed by atoms with E-state index in [1.807, 2.05) is 0 Å². The molecule has 1 aromatic carbocycles. The number of carbonyl (C=O) groups excluding carboxylic acids is 1. The first-order valence-electron chi connectivity index (χ1n) is 6.42. The van der Waals surface area contributed by atoms with E-state index in [0.717, 1.165) is 6.07 Å². The van der Waals surface area contributed by atoms with Gasteiger partial charge in [-0.25, -0.2) is 0 Å². The van der Waals surface area contributed by atoms with Gasteiger partial charge in [0, 0.05) is 22.9 Å². The van der Waals surface area contributed by atoms with Gasteiger partial charge in [-0.15, -0.1) is 11.6 Å². The predicted octanol–water partition coefficient (Wildman–Crippen LogP) is 4.95. The Bertz CT molecular complexity index is 505. The topological polar surface area (TPSA) is 20.3 Å². The van der Waals surface area contributed by atoms with Gasteiger partial charge in [0.25, 0.3) is 5.91 Å². The van der Waals surface area contributed by atoms with Crippen LogP contribution in [0.2, 0.25) is 0 Å². The van der Waals surface area contributed by atoms with E-state index in [4.69, 9.17) is 11.6 Å². The molecule has 0 aromatic heterocycles. The molecule has 0 heterocycles. The third-order valence-corrected chi connectivity index (χ3v) is 3.69. The van der Waals surface area contributed by atoms with Crippen LogP contribution in [0.4, 0.5) is 13.2 Å². The Morgan fingerprint density at radius 1 is 1.38 bits per heavy atom. The van der Waals surface area contributed by atoms with Crippen molar-refractivity contribution in [2.75, 3.05) is 12.4 Å². The first-order valence-corrected chi connectivity index (χ1v) is 7.75. The molecule has 0 radical (unpaired) electrons. The van der Waals surface area contributed by atoms with E-state index in [1.54, 1.807) is 13.8 Å². The van der Waals surface area contributed by atoms with Crippen molar-refractivity contribution in [3.05, 3.63) is 33.8 Å². The second kappa shape index (κ2) is 7.49. The normalized spacial score (nSPS) is 11.8. The van der Waals surface area contributed by atoms with E-state index < -0.39 is 17.6 Å². The fourth-order valence-electron chi connectivity index (χ4n) is 1.92. The van der Waals surface area contributed by atoms with Crippen molar-refractivity contribution in [1.82, 2.24) is 4.90 Å². The zero-order valence-corrected chi connectivity index (χ0v) is 14.0. The number of halogens is 5. The zero-order valence-electron chi connectivity index (χ0n) is 11.7. The van der Waals surface area contributed by atoms with Crippen LogP contribution in [0.1, 0.15) is 36.2 Å². The van der Waals surface area contributed by atoms with Gasteiger partial charge in [-0.1, -0.05) is 15.9 Å². The van der Waals surface area contributed by atoms with Gasteiger partial charge in [-0.2, -0.15) is 13.2 Å². The summed E-state index contributed by atoms with van der Waals surface area (Å²) in [5, 5.41) is 0. The molecular formula is C14H16BrClF3NO. The lowest BCUT2D eigenvalue weighted by molar-refractivity contribution is -0.138. The highest BCUT2D eigenvalue weighted by Gasteiger charge is 2.36. The molecule has 7 heteroatoms. The Balaban J connectivity index is 3.21. The number of benzene rings is 1. The molecule has 0 fully saturated rings. The second-order valence-corrected chi connectivity index (χ2v) is 6.12. The van der Waals surface area contributed by atoms with E-state index in [-0.39, 0.29) is 16.1 Å². The molecule has 0 spiro atoms. The van der Waals surface area contributed by atoms with Crippen LogP contribution in [-0.4, -0.2) is 29.3 Å². The Kier molecular flexibility index (Phi) is 6.53. The fraction of sp³-hybridized carbons (Fsp3) is 0.500. The van der Waals surface area contributed by atoms with Gasteiger partial charge < -0.3 is 4.90 Å². The summed E-state index contributed by atoms with van der Waals surface area (Å²) in [7, 11) is 0. The molecule has 1 aromatic rings. The molecule has 0 unspecified atom stereocenters. The van der Waals surface area contributed by atoms with Gasteiger partial charge >= 0.3 is 6.18 Å². The maximum Gasteiger partial charge on any atom is 0.417 e. The Labute approximate surface area is 135 Å². The molecule has 0 saturated heterocycles. The molecule has 1 rings (SSSR count). The van der Waals surface area contributed by atoms with E-state index in [9.17, 15) is 18.0 Å². The number of nitrogens with zero attached hydrogens (tertiary/aromatic N) is 1. The molecule has 1 amide bonds. The monoisotopic (exact) mass is 385 g/mol. The minimum atomic E-state index is -4.58. The molecule has 0 aliphatic heterocycles. The minimum Gasteiger partial charge on any atom is -0.336 e. The molecule has 118 valence electrons. The molecule has 0 aliphatic rings.